The molecule has 0 aliphatic carbocycles. The third kappa shape index (κ3) is 3.61. The number of carbonyl (C=O) groups excluding carboxylic acids is 1. The topological polar surface area (TPSA) is 87.1 Å². The minimum atomic E-state index is 0.0696. The van der Waals surface area contributed by atoms with Gasteiger partial charge in [-0.1, -0.05) is 6.07 Å². The molecule has 3 aliphatic heterocycles. The summed E-state index contributed by atoms with van der Waals surface area (Å²) in [5.41, 5.74) is 2.16. The van der Waals surface area contributed by atoms with Gasteiger partial charge in [-0.05, 0) is 51.3 Å². The van der Waals surface area contributed by atoms with Gasteiger partial charge in [0.05, 0.1) is 6.42 Å². The van der Waals surface area contributed by atoms with E-state index in [1.54, 1.807) is 0 Å². The maximum absolute atomic E-state index is 13.1. The first kappa shape index (κ1) is 18.5. The van der Waals surface area contributed by atoms with Crippen LogP contribution in [0.3, 0.4) is 0 Å². The molecule has 0 aromatic carbocycles. The van der Waals surface area contributed by atoms with Gasteiger partial charge in [-0.2, -0.15) is 5.10 Å². The second-order valence-corrected chi connectivity index (χ2v) is 8.79. The zero-order chi connectivity index (χ0) is 20.0. The summed E-state index contributed by atoms with van der Waals surface area (Å²) in [5.74, 6) is 1.90. The van der Waals surface area contributed by atoms with Crippen molar-refractivity contribution in [2.45, 2.75) is 51.6 Å². The smallest absolute Gasteiger partial charge is 0.255 e. The Hall–Kier alpha value is -2.48. The predicted molar refractivity (Wildman–Crippen MR) is 107 cm³/mol. The van der Waals surface area contributed by atoms with E-state index in [1.807, 2.05) is 22.5 Å². The maximum Gasteiger partial charge on any atom is 0.255 e. The summed E-state index contributed by atoms with van der Waals surface area (Å²) < 4.78 is 1.99. The summed E-state index contributed by atoms with van der Waals surface area (Å²) in [7, 11) is 0. The van der Waals surface area contributed by atoms with Gasteiger partial charge in [-0.25, -0.2) is 4.98 Å². The zero-order valence-corrected chi connectivity index (χ0v) is 16.9. The van der Waals surface area contributed by atoms with Crippen molar-refractivity contribution in [1.29, 1.82) is 0 Å². The number of H-pyrrole nitrogens is 1. The Morgan fingerprint density at radius 1 is 1.21 bits per heavy atom. The van der Waals surface area contributed by atoms with E-state index in [0.29, 0.717) is 31.4 Å². The number of nitrogens with one attached hydrogen (secondary N) is 1. The largest absolute Gasteiger partial charge is 0.341 e. The SMILES string of the molecule is Cc1nc(CC(=O)N2C[C@@H]3C[C@H](C2)c2ccc(CN4CCCC4)c(=O)n2C3)n[nH]1. The number of aromatic amines is 1. The van der Waals surface area contributed by atoms with Crippen LogP contribution >= 0.6 is 0 Å². The highest BCUT2D eigenvalue weighted by Crippen LogP contribution is 2.35. The number of nitrogens with zero attached hydrogens (tertiary/aromatic N) is 5. The lowest BCUT2D eigenvalue weighted by molar-refractivity contribution is -0.133. The molecule has 0 radical (unpaired) electrons. The molecule has 2 atom stereocenters. The Kier molecular flexibility index (Phi) is 4.73. The van der Waals surface area contributed by atoms with Crippen molar-refractivity contribution in [2.75, 3.05) is 26.2 Å². The fourth-order valence-electron chi connectivity index (χ4n) is 5.21. The molecule has 8 nitrogen and oxygen atoms in total. The number of amides is 1. The maximum atomic E-state index is 13.1. The first-order valence-electron chi connectivity index (χ1n) is 10.7. The zero-order valence-electron chi connectivity index (χ0n) is 16.9. The molecule has 29 heavy (non-hydrogen) atoms. The van der Waals surface area contributed by atoms with E-state index in [9.17, 15) is 9.59 Å². The molecule has 5 rings (SSSR count). The average Bonchev–Trinajstić information content (AvgIpc) is 3.36. The Labute approximate surface area is 169 Å². The molecular weight excluding hydrogens is 368 g/mol. The number of aryl methyl sites for hydroxylation is 1. The van der Waals surface area contributed by atoms with Gasteiger partial charge < -0.3 is 9.47 Å². The lowest BCUT2D eigenvalue weighted by Gasteiger charge is -2.43. The van der Waals surface area contributed by atoms with Gasteiger partial charge in [-0.3, -0.25) is 19.6 Å². The molecule has 0 unspecified atom stereocenters. The number of rotatable bonds is 4. The van der Waals surface area contributed by atoms with Crippen LogP contribution in [0.15, 0.2) is 16.9 Å². The molecule has 2 saturated heterocycles. The van der Waals surface area contributed by atoms with E-state index in [0.717, 1.165) is 43.1 Å². The molecule has 1 amide bonds. The van der Waals surface area contributed by atoms with Crippen molar-refractivity contribution in [3.63, 3.8) is 0 Å². The summed E-state index contributed by atoms with van der Waals surface area (Å²) >= 11 is 0. The number of hydrogen-bond acceptors (Lipinski definition) is 5. The number of piperidine rings is 1. The van der Waals surface area contributed by atoms with Crippen LogP contribution in [0.4, 0.5) is 0 Å². The predicted octanol–water partition coefficient (Wildman–Crippen LogP) is 1.06. The van der Waals surface area contributed by atoms with Crippen LogP contribution in [0.5, 0.6) is 0 Å². The van der Waals surface area contributed by atoms with Gasteiger partial charge in [0.1, 0.15) is 5.82 Å². The lowest BCUT2D eigenvalue weighted by atomic mass is 9.83. The van der Waals surface area contributed by atoms with Crippen LogP contribution in [0.1, 0.15) is 48.1 Å². The highest BCUT2D eigenvalue weighted by Gasteiger charge is 2.36. The van der Waals surface area contributed by atoms with Gasteiger partial charge in [0.25, 0.3) is 5.56 Å². The van der Waals surface area contributed by atoms with E-state index in [2.05, 4.69) is 26.1 Å². The average molecular weight is 396 g/mol. The standard InChI is InChI=1S/C21H28N6O2/c1-14-22-19(24-23-14)9-20(28)26-10-15-8-17(13-26)18-5-4-16(21(29)27(18)11-15)12-25-6-2-3-7-25/h4-5,15,17H,2-3,6-13H2,1H3,(H,22,23,24)/t15-,17+/m0/s1. The normalized spacial score (nSPS) is 24.0. The molecule has 154 valence electrons. The van der Waals surface area contributed by atoms with Crippen molar-refractivity contribution in [1.82, 2.24) is 29.5 Å². The Bertz CT molecular complexity index is 974. The van der Waals surface area contributed by atoms with Crippen LogP contribution < -0.4 is 5.56 Å². The number of fused-ring (bicyclic) bond motifs is 4. The summed E-state index contributed by atoms with van der Waals surface area (Å²) in [4.78, 5) is 34.5. The fourth-order valence-corrected chi connectivity index (χ4v) is 5.21. The van der Waals surface area contributed by atoms with Gasteiger partial charge in [0.15, 0.2) is 5.82 Å². The van der Waals surface area contributed by atoms with Crippen LogP contribution in [-0.2, 0) is 24.3 Å². The van der Waals surface area contributed by atoms with Crippen LogP contribution in [-0.4, -0.2) is 61.6 Å². The third-order valence-corrected chi connectivity index (χ3v) is 6.58. The molecule has 0 spiro atoms. The fraction of sp³-hybridized carbons (Fsp3) is 0.619. The quantitative estimate of drug-likeness (QED) is 0.835. The van der Waals surface area contributed by atoms with E-state index >= 15 is 0 Å². The molecule has 3 aliphatic rings. The molecular formula is C21H28N6O2. The van der Waals surface area contributed by atoms with Crippen LogP contribution in [0.2, 0.25) is 0 Å². The van der Waals surface area contributed by atoms with Crippen molar-refractivity contribution < 1.29 is 4.79 Å². The lowest BCUT2D eigenvalue weighted by Crippen LogP contribution is -2.50. The monoisotopic (exact) mass is 396 g/mol. The molecule has 2 aromatic heterocycles. The minimum Gasteiger partial charge on any atom is -0.341 e. The summed E-state index contributed by atoms with van der Waals surface area (Å²) in [5, 5.41) is 6.88. The first-order chi connectivity index (χ1) is 14.1. The Balaban J connectivity index is 1.33. The minimum absolute atomic E-state index is 0.0696. The Morgan fingerprint density at radius 2 is 2.03 bits per heavy atom. The number of carbonyl (C=O) groups is 1. The van der Waals surface area contributed by atoms with Crippen molar-refractivity contribution in [3.05, 3.63) is 45.4 Å². The van der Waals surface area contributed by atoms with Gasteiger partial charge in [0.2, 0.25) is 5.91 Å². The third-order valence-electron chi connectivity index (χ3n) is 6.58. The molecule has 8 heteroatoms. The molecule has 5 heterocycles. The molecule has 2 aromatic rings. The first-order valence-corrected chi connectivity index (χ1v) is 10.7. The number of hydrogen-bond donors (Lipinski definition) is 1. The summed E-state index contributed by atoms with van der Waals surface area (Å²) in [6.07, 6.45) is 3.74. The number of aromatic nitrogens is 4. The summed E-state index contributed by atoms with van der Waals surface area (Å²) in [6.45, 7) is 6.86. The van der Waals surface area contributed by atoms with E-state index in [1.165, 1.54) is 12.8 Å². The highest BCUT2D eigenvalue weighted by atomic mass is 16.2. The van der Waals surface area contributed by atoms with Crippen LogP contribution in [0.25, 0.3) is 0 Å². The van der Waals surface area contributed by atoms with Gasteiger partial charge in [-0.15, -0.1) is 0 Å². The second-order valence-electron chi connectivity index (χ2n) is 8.79. The van der Waals surface area contributed by atoms with Crippen LogP contribution in [0, 0.1) is 12.8 Å². The summed E-state index contributed by atoms with van der Waals surface area (Å²) in [6, 6.07) is 4.14. The van der Waals surface area contributed by atoms with E-state index < -0.39 is 0 Å². The van der Waals surface area contributed by atoms with Gasteiger partial charge >= 0.3 is 0 Å². The number of pyridine rings is 1. The highest BCUT2D eigenvalue weighted by molar-refractivity contribution is 5.78. The van der Waals surface area contributed by atoms with Crippen molar-refractivity contribution in [2.24, 2.45) is 5.92 Å². The van der Waals surface area contributed by atoms with Gasteiger partial charge in [0, 0.05) is 43.4 Å². The Morgan fingerprint density at radius 3 is 2.79 bits per heavy atom. The molecule has 2 fully saturated rings. The molecule has 0 saturated carbocycles. The number of likely N-dealkylation sites (tertiary alicyclic amines) is 2. The molecule has 2 bridgehead atoms. The van der Waals surface area contributed by atoms with E-state index in [-0.39, 0.29) is 23.8 Å². The van der Waals surface area contributed by atoms with Crippen molar-refractivity contribution >= 4 is 5.91 Å². The molecule has 1 N–H and O–H groups in total. The second kappa shape index (κ2) is 7.40. The van der Waals surface area contributed by atoms with E-state index in [4.69, 9.17) is 0 Å². The van der Waals surface area contributed by atoms with Crippen molar-refractivity contribution in [3.8, 4) is 0 Å².